The highest BCUT2D eigenvalue weighted by molar-refractivity contribution is 5.80. The molecule has 0 heterocycles. The second-order valence-corrected chi connectivity index (χ2v) is 8.25. The molecule has 124 valence electrons. The molecule has 0 spiro atoms. The van der Waals surface area contributed by atoms with Crippen LogP contribution in [0.5, 0.6) is 0 Å². The van der Waals surface area contributed by atoms with Crippen molar-refractivity contribution in [2.24, 2.45) is 17.3 Å². The third kappa shape index (κ3) is 3.29. The van der Waals surface area contributed by atoms with E-state index in [0.717, 1.165) is 32.1 Å². The van der Waals surface area contributed by atoms with Crippen molar-refractivity contribution in [2.75, 3.05) is 6.61 Å². The molecule has 0 aromatic heterocycles. The van der Waals surface area contributed by atoms with Crippen LogP contribution in [0.15, 0.2) is 0 Å². The normalized spacial score (nSPS) is 39.1. The summed E-state index contributed by atoms with van der Waals surface area (Å²) >= 11 is 0. The van der Waals surface area contributed by atoms with Crippen LogP contribution in [-0.2, 0) is 14.3 Å². The lowest BCUT2D eigenvalue weighted by molar-refractivity contribution is -0.177. The molecule has 0 aliphatic heterocycles. The van der Waals surface area contributed by atoms with Crippen LogP contribution in [-0.4, -0.2) is 35.2 Å². The van der Waals surface area contributed by atoms with Crippen LogP contribution in [0.3, 0.4) is 0 Å². The monoisotopic (exact) mass is 309 g/mol. The summed E-state index contributed by atoms with van der Waals surface area (Å²) in [5.41, 5.74) is -0.649. The van der Waals surface area contributed by atoms with E-state index in [9.17, 15) is 14.7 Å². The molecule has 0 aromatic rings. The number of hydrogen-bond acceptors (Lipinski definition) is 4. The summed E-state index contributed by atoms with van der Waals surface area (Å²) in [6.45, 7) is 3.54. The van der Waals surface area contributed by atoms with Crippen molar-refractivity contribution in [3.05, 3.63) is 0 Å². The van der Waals surface area contributed by atoms with Gasteiger partial charge in [0.05, 0.1) is 12.0 Å². The topological polar surface area (TPSA) is 75.6 Å². The summed E-state index contributed by atoms with van der Waals surface area (Å²) in [5.74, 6) is 0.559. The second kappa shape index (κ2) is 5.52. The third-order valence-electron chi connectivity index (χ3n) is 5.48. The Balaban J connectivity index is 1.54. The van der Waals surface area contributed by atoms with E-state index in [1.165, 1.54) is 6.42 Å². The number of amides is 1. The Morgan fingerprint density at radius 2 is 1.86 bits per heavy atom. The van der Waals surface area contributed by atoms with E-state index in [1.54, 1.807) is 0 Å². The number of esters is 1. The first-order valence-corrected chi connectivity index (χ1v) is 8.45. The van der Waals surface area contributed by atoms with Crippen molar-refractivity contribution in [3.63, 3.8) is 0 Å². The van der Waals surface area contributed by atoms with E-state index < -0.39 is 5.60 Å². The molecule has 0 aromatic carbocycles. The number of nitrogens with one attached hydrogen (secondary N) is 1. The van der Waals surface area contributed by atoms with Crippen LogP contribution in [0.4, 0.5) is 0 Å². The first kappa shape index (κ1) is 15.8. The molecule has 4 atom stereocenters. The Morgan fingerprint density at radius 3 is 2.41 bits per heavy atom. The minimum Gasteiger partial charge on any atom is -0.456 e. The van der Waals surface area contributed by atoms with Crippen molar-refractivity contribution >= 4 is 11.9 Å². The van der Waals surface area contributed by atoms with Gasteiger partial charge in [0, 0.05) is 6.04 Å². The van der Waals surface area contributed by atoms with E-state index in [0.29, 0.717) is 18.3 Å². The van der Waals surface area contributed by atoms with Crippen molar-refractivity contribution in [3.8, 4) is 0 Å². The van der Waals surface area contributed by atoms with E-state index in [2.05, 4.69) is 5.32 Å². The lowest BCUT2D eigenvalue weighted by atomic mass is 9.47. The fourth-order valence-corrected chi connectivity index (χ4v) is 5.48. The maximum atomic E-state index is 12.1. The van der Waals surface area contributed by atoms with Crippen molar-refractivity contribution in [1.29, 1.82) is 0 Å². The van der Waals surface area contributed by atoms with E-state index in [1.807, 2.05) is 13.8 Å². The maximum Gasteiger partial charge on any atom is 0.306 e. The average molecular weight is 309 g/mol. The van der Waals surface area contributed by atoms with Crippen LogP contribution in [0.1, 0.15) is 58.8 Å². The van der Waals surface area contributed by atoms with Gasteiger partial charge in [-0.05, 0) is 69.6 Å². The van der Waals surface area contributed by atoms with Crippen LogP contribution < -0.4 is 5.32 Å². The minimum absolute atomic E-state index is 0.0450. The molecule has 5 nitrogen and oxygen atoms in total. The van der Waals surface area contributed by atoms with Crippen molar-refractivity contribution in [1.82, 2.24) is 5.32 Å². The lowest BCUT2D eigenvalue weighted by Gasteiger charge is -2.60. The first-order chi connectivity index (χ1) is 10.3. The van der Waals surface area contributed by atoms with E-state index in [4.69, 9.17) is 4.74 Å². The Hall–Kier alpha value is -1.10. The van der Waals surface area contributed by atoms with Crippen molar-refractivity contribution in [2.45, 2.75) is 70.4 Å². The molecule has 5 heteroatoms. The van der Waals surface area contributed by atoms with Crippen LogP contribution in [0, 0.1) is 17.3 Å². The van der Waals surface area contributed by atoms with Gasteiger partial charge < -0.3 is 15.2 Å². The number of ether oxygens (including phenoxy) is 1. The van der Waals surface area contributed by atoms with Gasteiger partial charge in [0.15, 0.2) is 6.61 Å². The summed E-state index contributed by atoms with van der Waals surface area (Å²) in [6.07, 6.45) is 6.12. The van der Waals surface area contributed by atoms with Crippen molar-refractivity contribution < 1.29 is 19.4 Å². The Morgan fingerprint density at radius 1 is 1.23 bits per heavy atom. The minimum atomic E-state index is -0.556. The van der Waals surface area contributed by atoms with Gasteiger partial charge in [-0.15, -0.1) is 0 Å². The highest BCUT2D eigenvalue weighted by Crippen LogP contribution is 2.62. The number of carbonyl (C=O) groups excluding carboxylic acids is 2. The lowest BCUT2D eigenvalue weighted by Crippen LogP contribution is -2.56. The zero-order valence-electron chi connectivity index (χ0n) is 13.6. The molecule has 0 saturated heterocycles. The number of carbonyl (C=O) groups is 2. The second-order valence-electron chi connectivity index (χ2n) is 8.25. The van der Waals surface area contributed by atoms with Crippen LogP contribution in [0.2, 0.25) is 0 Å². The molecule has 1 amide bonds. The molecule has 4 aliphatic carbocycles. The Kier molecular flexibility index (Phi) is 3.96. The molecule has 4 fully saturated rings. The molecule has 22 heavy (non-hydrogen) atoms. The summed E-state index contributed by atoms with van der Waals surface area (Å²) < 4.78 is 5.14. The predicted octanol–water partition coefficient (Wildman–Crippen LogP) is 1.78. The van der Waals surface area contributed by atoms with Gasteiger partial charge in [0.2, 0.25) is 0 Å². The summed E-state index contributed by atoms with van der Waals surface area (Å²) in [4.78, 5) is 23.7. The summed E-state index contributed by atoms with van der Waals surface area (Å²) in [5, 5.41) is 13.4. The highest BCUT2D eigenvalue weighted by atomic mass is 16.5. The number of rotatable bonds is 5. The largest absolute Gasteiger partial charge is 0.456 e. The summed E-state index contributed by atoms with van der Waals surface area (Å²) in [6, 6.07) is 0.0450. The average Bonchev–Trinajstić information content (AvgIpc) is 2.31. The fraction of sp³-hybridized carbons (Fsp3) is 0.882. The van der Waals surface area contributed by atoms with Gasteiger partial charge in [-0.1, -0.05) is 0 Å². The molecule has 0 radical (unpaired) electrons. The maximum absolute atomic E-state index is 12.1. The first-order valence-electron chi connectivity index (χ1n) is 8.45. The predicted molar refractivity (Wildman–Crippen MR) is 80.9 cm³/mol. The van der Waals surface area contributed by atoms with Gasteiger partial charge >= 0.3 is 5.97 Å². The molecule has 4 aliphatic rings. The zero-order chi connectivity index (χ0) is 16.0. The fourth-order valence-electron chi connectivity index (χ4n) is 5.48. The molecule has 2 N–H and O–H groups in total. The molecule has 4 rings (SSSR count). The van der Waals surface area contributed by atoms with Gasteiger partial charge in [0.25, 0.3) is 5.91 Å². The molecular formula is C17H27NO4. The highest BCUT2D eigenvalue weighted by Gasteiger charge is 2.57. The Labute approximate surface area is 131 Å². The van der Waals surface area contributed by atoms with Gasteiger partial charge in [-0.25, -0.2) is 0 Å². The Bertz CT molecular complexity index is 459. The molecule has 4 saturated carbocycles. The number of aliphatic hydroxyl groups is 1. The smallest absolute Gasteiger partial charge is 0.306 e. The standard InChI is InChI=1S/C17H27NO4/c1-11(2)18-14(19)9-22-15(20)8-16-4-12-3-13(5-16)7-17(21,6-12)10-16/h11-13,21H,3-10H2,1-2H3,(H,18,19)/t12-,13+,16?,17?. The zero-order valence-corrected chi connectivity index (χ0v) is 13.6. The van der Waals surface area contributed by atoms with Gasteiger partial charge in [0.1, 0.15) is 0 Å². The van der Waals surface area contributed by atoms with E-state index >= 15 is 0 Å². The molecule has 4 bridgehead atoms. The van der Waals surface area contributed by atoms with E-state index in [-0.39, 0.29) is 29.9 Å². The third-order valence-corrected chi connectivity index (χ3v) is 5.48. The van der Waals surface area contributed by atoms with Crippen LogP contribution in [0.25, 0.3) is 0 Å². The van der Waals surface area contributed by atoms with Gasteiger partial charge in [-0.3, -0.25) is 9.59 Å². The summed E-state index contributed by atoms with van der Waals surface area (Å²) in [7, 11) is 0. The number of hydrogen-bond donors (Lipinski definition) is 2. The molecule has 2 unspecified atom stereocenters. The quantitative estimate of drug-likeness (QED) is 0.759. The van der Waals surface area contributed by atoms with Crippen LogP contribution >= 0.6 is 0 Å². The molecular weight excluding hydrogens is 282 g/mol. The van der Waals surface area contributed by atoms with Gasteiger partial charge in [-0.2, -0.15) is 0 Å². The SMILES string of the molecule is CC(C)NC(=O)COC(=O)CC12C[C@@H]3C[C@@H](CC(O)(C3)C1)C2.